The zero-order valence-electron chi connectivity index (χ0n) is 11.2. The molecule has 0 aliphatic heterocycles. The van der Waals surface area contributed by atoms with E-state index in [9.17, 15) is 4.79 Å². The van der Waals surface area contributed by atoms with Gasteiger partial charge >= 0.3 is 5.97 Å². The molecular weight excluding hydrogens is 284 g/mol. The molecule has 1 heterocycles. The Morgan fingerprint density at radius 2 is 2.15 bits per heavy atom. The van der Waals surface area contributed by atoms with Crippen LogP contribution in [-0.2, 0) is 4.74 Å². The molecule has 0 radical (unpaired) electrons. The summed E-state index contributed by atoms with van der Waals surface area (Å²) in [5, 5.41) is 7.90. The minimum atomic E-state index is -0.634. The molecule has 2 rings (SSSR count). The van der Waals surface area contributed by atoms with Gasteiger partial charge in [0.2, 0.25) is 5.89 Å². The average Bonchev–Trinajstić information content (AvgIpc) is 2.86. The number of halogens is 1. The zero-order valence-corrected chi connectivity index (χ0v) is 12.0. The van der Waals surface area contributed by atoms with Gasteiger partial charge in [-0.05, 0) is 25.1 Å². The first-order valence-corrected chi connectivity index (χ1v) is 6.23. The Morgan fingerprint density at radius 3 is 2.75 bits per heavy atom. The minimum absolute atomic E-state index is 0.247. The van der Waals surface area contributed by atoms with Crippen LogP contribution in [0, 0.1) is 6.92 Å². The Labute approximate surface area is 120 Å². The molecule has 1 aromatic heterocycles. The summed E-state index contributed by atoms with van der Waals surface area (Å²) in [7, 11) is 1.47. The maximum absolute atomic E-state index is 12.0. The zero-order chi connectivity index (χ0) is 14.7. The third-order valence-electron chi connectivity index (χ3n) is 2.56. The molecule has 0 aliphatic carbocycles. The second-order valence-corrected chi connectivity index (χ2v) is 4.46. The smallest absolute Gasteiger partial charge is 0.339 e. The summed E-state index contributed by atoms with van der Waals surface area (Å²) < 4.78 is 15.5. The van der Waals surface area contributed by atoms with Crippen LogP contribution < -0.4 is 4.74 Å². The lowest BCUT2D eigenvalue weighted by molar-refractivity contribution is 0.0276. The SMILES string of the molecule is COc1cc(C(=O)O[C@H](C)c2nnc(C)o2)ccc1Cl. The molecule has 0 saturated heterocycles. The first-order chi connectivity index (χ1) is 9.51. The van der Waals surface area contributed by atoms with Gasteiger partial charge in [0.25, 0.3) is 5.89 Å². The monoisotopic (exact) mass is 296 g/mol. The molecular formula is C13H13ClN2O4. The third kappa shape index (κ3) is 3.08. The number of hydrogen-bond acceptors (Lipinski definition) is 6. The van der Waals surface area contributed by atoms with Crippen molar-refractivity contribution < 1.29 is 18.7 Å². The van der Waals surface area contributed by atoms with E-state index in [0.717, 1.165) is 0 Å². The molecule has 0 saturated carbocycles. The molecule has 0 fully saturated rings. The van der Waals surface area contributed by atoms with Gasteiger partial charge in [0, 0.05) is 6.92 Å². The Hall–Kier alpha value is -2.08. The van der Waals surface area contributed by atoms with Gasteiger partial charge < -0.3 is 13.9 Å². The van der Waals surface area contributed by atoms with E-state index in [1.54, 1.807) is 26.0 Å². The van der Waals surface area contributed by atoms with Gasteiger partial charge in [0.15, 0.2) is 6.10 Å². The van der Waals surface area contributed by atoms with Crippen LogP contribution in [-0.4, -0.2) is 23.3 Å². The van der Waals surface area contributed by atoms with Crippen molar-refractivity contribution in [3.8, 4) is 5.75 Å². The van der Waals surface area contributed by atoms with Crippen molar-refractivity contribution in [3.05, 3.63) is 40.6 Å². The molecule has 0 amide bonds. The van der Waals surface area contributed by atoms with E-state index in [4.69, 9.17) is 25.5 Å². The molecule has 0 aliphatic rings. The first kappa shape index (κ1) is 14.3. The van der Waals surface area contributed by atoms with Gasteiger partial charge in [-0.1, -0.05) is 11.6 Å². The first-order valence-electron chi connectivity index (χ1n) is 5.85. The van der Waals surface area contributed by atoms with E-state index in [0.29, 0.717) is 22.2 Å². The molecule has 106 valence electrons. The van der Waals surface area contributed by atoms with Gasteiger partial charge in [-0.3, -0.25) is 0 Å². The molecule has 0 unspecified atom stereocenters. The minimum Gasteiger partial charge on any atom is -0.495 e. The predicted octanol–water partition coefficient (Wildman–Crippen LogP) is 2.96. The second-order valence-electron chi connectivity index (χ2n) is 4.06. The number of esters is 1. The van der Waals surface area contributed by atoms with Crippen LogP contribution in [0.1, 0.15) is 35.2 Å². The van der Waals surface area contributed by atoms with Crippen LogP contribution in [0.4, 0.5) is 0 Å². The van der Waals surface area contributed by atoms with Crippen molar-refractivity contribution in [2.45, 2.75) is 20.0 Å². The molecule has 6 nitrogen and oxygen atoms in total. The molecule has 0 spiro atoms. The molecule has 1 atom stereocenters. The summed E-state index contributed by atoms with van der Waals surface area (Å²) in [6.07, 6.45) is -0.634. The number of carbonyl (C=O) groups is 1. The normalized spacial score (nSPS) is 12.0. The van der Waals surface area contributed by atoms with E-state index >= 15 is 0 Å². The highest BCUT2D eigenvalue weighted by Crippen LogP contribution is 2.26. The van der Waals surface area contributed by atoms with E-state index < -0.39 is 12.1 Å². The summed E-state index contributed by atoms with van der Waals surface area (Å²) in [6, 6.07) is 4.63. The molecule has 7 heteroatoms. The fourth-order valence-corrected chi connectivity index (χ4v) is 1.74. The number of benzene rings is 1. The third-order valence-corrected chi connectivity index (χ3v) is 2.87. The van der Waals surface area contributed by atoms with Crippen molar-refractivity contribution in [1.82, 2.24) is 10.2 Å². The Balaban J connectivity index is 2.12. The summed E-state index contributed by atoms with van der Waals surface area (Å²) in [6.45, 7) is 3.31. The number of nitrogens with zero attached hydrogens (tertiary/aromatic N) is 2. The lowest BCUT2D eigenvalue weighted by Crippen LogP contribution is -2.09. The highest BCUT2D eigenvalue weighted by atomic mass is 35.5. The summed E-state index contributed by atoms with van der Waals surface area (Å²) in [5.41, 5.74) is 0.328. The Bertz CT molecular complexity index is 627. The van der Waals surface area contributed by atoms with E-state index in [-0.39, 0.29) is 5.89 Å². The summed E-state index contributed by atoms with van der Waals surface area (Å²) >= 11 is 5.90. The van der Waals surface area contributed by atoms with Crippen molar-refractivity contribution in [2.24, 2.45) is 0 Å². The predicted molar refractivity (Wildman–Crippen MR) is 70.9 cm³/mol. The number of carbonyl (C=O) groups excluding carboxylic acids is 1. The van der Waals surface area contributed by atoms with E-state index in [2.05, 4.69) is 10.2 Å². The van der Waals surface area contributed by atoms with Crippen LogP contribution in [0.15, 0.2) is 22.6 Å². The number of ether oxygens (including phenoxy) is 2. The maximum Gasteiger partial charge on any atom is 0.339 e. The van der Waals surface area contributed by atoms with Crippen molar-refractivity contribution in [3.63, 3.8) is 0 Å². The summed E-state index contributed by atoms with van der Waals surface area (Å²) in [5.74, 6) is 0.540. The average molecular weight is 297 g/mol. The molecule has 0 bridgehead atoms. The highest BCUT2D eigenvalue weighted by molar-refractivity contribution is 6.32. The van der Waals surface area contributed by atoms with Crippen LogP contribution in [0.3, 0.4) is 0 Å². The molecule has 0 N–H and O–H groups in total. The van der Waals surface area contributed by atoms with E-state index in [1.165, 1.54) is 13.2 Å². The van der Waals surface area contributed by atoms with Gasteiger partial charge in [-0.25, -0.2) is 4.79 Å². The Kier molecular flexibility index (Phi) is 4.24. The van der Waals surface area contributed by atoms with Crippen LogP contribution in [0.5, 0.6) is 5.75 Å². The van der Waals surface area contributed by atoms with Gasteiger partial charge in [-0.15, -0.1) is 10.2 Å². The van der Waals surface area contributed by atoms with Gasteiger partial charge in [-0.2, -0.15) is 0 Å². The maximum atomic E-state index is 12.0. The van der Waals surface area contributed by atoms with Crippen molar-refractivity contribution in [2.75, 3.05) is 7.11 Å². The number of aryl methyl sites for hydroxylation is 1. The summed E-state index contributed by atoms with van der Waals surface area (Å²) in [4.78, 5) is 12.0. The second kappa shape index (κ2) is 5.92. The molecule has 1 aromatic carbocycles. The van der Waals surface area contributed by atoms with Gasteiger partial charge in [0.1, 0.15) is 5.75 Å². The standard InChI is InChI=1S/C13H13ClN2O4/c1-7(12-16-15-8(2)20-12)19-13(17)9-4-5-10(14)11(6-9)18-3/h4-7H,1-3H3/t7-/m1/s1. The fourth-order valence-electron chi connectivity index (χ4n) is 1.54. The van der Waals surface area contributed by atoms with Crippen molar-refractivity contribution in [1.29, 1.82) is 0 Å². The van der Waals surface area contributed by atoms with Crippen LogP contribution in [0.25, 0.3) is 0 Å². The largest absolute Gasteiger partial charge is 0.495 e. The van der Waals surface area contributed by atoms with Crippen LogP contribution >= 0.6 is 11.6 Å². The fraction of sp³-hybridized carbons (Fsp3) is 0.308. The number of methoxy groups -OCH3 is 1. The number of rotatable bonds is 4. The topological polar surface area (TPSA) is 74.5 Å². The molecule has 2 aromatic rings. The van der Waals surface area contributed by atoms with Gasteiger partial charge in [0.05, 0.1) is 17.7 Å². The Morgan fingerprint density at radius 1 is 1.40 bits per heavy atom. The number of aromatic nitrogens is 2. The van der Waals surface area contributed by atoms with E-state index in [1.807, 2.05) is 0 Å². The lowest BCUT2D eigenvalue weighted by atomic mass is 10.2. The lowest BCUT2D eigenvalue weighted by Gasteiger charge is -2.10. The number of hydrogen-bond donors (Lipinski definition) is 0. The van der Waals surface area contributed by atoms with Crippen LogP contribution in [0.2, 0.25) is 5.02 Å². The van der Waals surface area contributed by atoms with Crippen molar-refractivity contribution >= 4 is 17.6 Å². The quantitative estimate of drug-likeness (QED) is 0.808. The molecule has 20 heavy (non-hydrogen) atoms. The highest BCUT2D eigenvalue weighted by Gasteiger charge is 2.19.